The fourth-order valence-corrected chi connectivity index (χ4v) is 5.43. The number of ether oxygens (including phenoxy) is 1. The zero-order valence-electron chi connectivity index (χ0n) is 19.2. The number of carbonyl (C=O) groups is 1. The number of carbonyl (C=O) groups excluding carboxylic acids is 1. The van der Waals surface area contributed by atoms with Crippen LogP contribution in [0.4, 0.5) is 11.4 Å². The minimum absolute atomic E-state index is 0.0778. The number of hydrogen-bond donors (Lipinski definition) is 1. The van der Waals surface area contributed by atoms with Gasteiger partial charge >= 0.3 is 0 Å². The molecule has 1 saturated heterocycles. The van der Waals surface area contributed by atoms with Crippen molar-refractivity contribution >= 4 is 33.1 Å². The van der Waals surface area contributed by atoms with Crippen LogP contribution in [0.3, 0.4) is 0 Å². The van der Waals surface area contributed by atoms with E-state index < -0.39 is 15.4 Å². The highest BCUT2D eigenvalue weighted by atomic mass is 32.2. The maximum Gasteiger partial charge on any atom is 0.286 e. The molecule has 0 spiro atoms. The SMILES string of the molecule is COc1ccc(N2CCN(C(=O)CC(C)(C)CC3=NS(=O)(=O)c4ccccc4N3)CC2)cc1. The maximum atomic E-state index is 13.0. The van der Waals surface area contributed by atoms with Gasteiger partial charge in [-0.15, -0.1) is 4.40 Å². The molecule has 0 aromatic heterocycles. The van der Waals surface area contributed by atoms with Gasteiger partial charge in [-0.1, -0.05) is 26.0 Å². The summed E-state index contributed by atoms with van der Waals surface area (Å²) in [4.78, 5) is 17.4. The van der Waals surface area contributed by atoms with Crippen molar-refractivity contribution in [1.29, 1.82) is 0 Å². The number of nitrogens with zero attached hydrogens (tertiary/aromatic N) is 3. The molecule has 2 aromatic carbocycles. The number of rotatable bonds is 6. The lowest BCUT2D eigenvalue weighted by molar-refractivity contribution is -0.133. The molecule has 1 N–H and O–H groups in total. The van der Waals surface area contributed by atoms with Crippen LogP contribution in [0, 0.1) is 5.41 Å². The van der Waals surface area contributed by atoms with Gasteiger partial charge in [0.2, 0.25) is 5.91 Å². The number of para-hydroxylation sites is 1. The van der Waals surface area contributed by atoms with Crippen LogP contribution in [0.5, 0.6) is 5.75 Å². The molecule has 0 unspecified atom stereocenters. The number of amidine groups is 1. The van der Waals surface area contributed by atoms with Gasteiger partial charge in [0.25, 0.3) is 10.0 Å². The number of sulfonamides is 1. The van der Waals surface area contributed by atoms with E-state index in [0.717, 1.165) is 24.5 Å². The molecular formula is C24H30N4O4S. The van der Waals surface area contributed by atoms with E-state index in [1.807, 2.05) is 43.0 Å². The molecule has 33 heavy (non-hydrogen) atoms. The summed E-state index contributed by atoms with van der Waals surface area (Å²) in [6, 6.07) is 14.7. The van der Waals surface area contributed by atoms with Crippen molar-refractivity contribution in [2.24, 2.45) is 9.81 Å². The number of anilines is 2. The standard InChI is InChI=1S/C24H30N4O4S/c1-24(2,16-22-25-20-6-4-5-7-21(20)33(30,31)26-22)17-23(29)28-14-12-27(13-15-28)18-8-10-19(32-3)11-9-18/h4-11H,12-17H2,1-3H3,(H,25,26). The van der Waals surface area contributed by atoms with Gasteiger partial charge in [-0.05, 0) is 41.8 Å². The first-order valence-corrected chi connectivity index (χ1v) is 12.5. The van der Waals surface area contributed by atoms with Crippen molar-refractivity contribution in [2.75, 3.05) is 43.5 Å². The topological polar surface area (TPSA) is 91.3 Å². The minimum Gasteiger partial charge on any atom is -0.497 e. The van der Waals surface area contributed by atoms with Gasteiger partial charge in [0, 0.05) is 44.7 Å². The third kappa shape index (κ3) is 5.30. The molecule has 2 aliphatic rings. The molecule has 1 fully saturated rings. The quantitative estimate of drug-likeness (QED) is 0.696. The Hall–Kier alpha value is -3.07. The lowest BCUT2D eigenvalue weighted by atomic mass is 9.84. The molecule has 0 aliphatic carbocycles. The molecule has 4 rings (SSSR count). The van der Waals surface area contributed by atoms with Crippen molar-refractivity contribution in [2.45, 2.75) is 31.6 Å². The Morgan fingerprint density at radius 3 is 2.39 bits per heavy atom. The summed E-state index contributed by atoms with van der Waals surface area (Å²) in [5.74, 6) is 1.27. The molecule has 0 bridgehead atoms. The molecule has 2 aliphatic heterocycles. The minimum atomic E-state index is -3.73. The Labute approximate surface area is 195 Å². The summed E-state index contributed by atoms with van der Waals surface area (Å²) >= 11 is 0. The molecule has 0 radical (unpaired) electrons. The van der Waals surface area contributed by atoms with Crippen LogP contribution in [-0.4, -0.2) is 58.3 Å². The van der Waals surface area contributed by atoms with Crippen LogP contribution in [0.2, 0.25) is 0 Å². The van der Waals surface area contributed by atoms with Gasteiger partial charge in [-0.2, -0.15) is 8.42 Å². The molecule has 176 valence electrons. The predicted molar refractivity (Wildman–Crippen MR) is 129 cm³/mol. The summed E-state index contributed by atoms with van der Waals surface area (Å²) in [5.41, 5.74) is 1.20. The number of fused-ring (bicyclic) bond motifs is 1. The number of methoxy groups -OCH3 is 1. The number of nitrogens with one attached hydrogen (secondary N) is 1. The number of benzene rings is 2. The second kappa shape index (κ2) is 9.05. The molecule has 8 nitrogen and oxygen atoms in total. The third-order valence-corrected chi connectivity index (χ3v) is 7.39. The summed E-state index contributed by atoms with van der Waals surface area (Å²) in [5, 5.41) is 3.12. The lowest BCUT2D eigenvalue weighted by Crippen LogP contribution is -2.49. The van der Waals surface area contributed by atoms with E-state index in [2.05, 4.69) is 14.6 Å². The zero-order valence-corrected chi connectivity index (χ0v) is 20.1. The van der Waals surface area contributed by atoms with Crippen molar-refractivity contribution in [3.8, 4) is 5.75 Å². The number of amides is 1. The molecule has 2 aromatic rings. The normalized spacial score (nSPS) is 17.6. The average molecular weight is 471 g/mol. The van der Waals surface area contributed by atoms with E-state index in [4.69, 9.17) is 4.74 Å². The lowest BCUT2D eigenvalue weighted by Gasteiger charge is -2.37. The largest absolute Gasteiger partial charge is 0.497 e. The van der Waals surface area contributed by atoms with Crippen LogP contribution < -0.4 is 15.0 Å². The van der Waals surface area contributed by atoms with Crippen LogP contribution in [0.1, 0.15) is 26.7 Å². The highest BCUT2D eigenvalue weighted by molar-refractivity contribution is 7.90. The van der Waals surface area contributed by atoms with Crippen LogP contribution in [-0.2, 0) is 14.8 Å². The Balaban J connectivity index is 1.34. The monoisotopic (exact) mass is 470 g/mol. The van der Waals surface area contributed by atoms with Crippen molar-refractivity contribution in [1.82, 2.24) is 4.90 Å². The van der Waals surface area contributed by atoms with E-state index in [1.54, 1.807) is 25.3 Å². The predicted octanol–water partition coefficient (Wildman–Crippen LogP) is 3.36. The van der Waals surface area contributed by atoms with Crippen molar-refractivity contribution in [3.63, 3.8) is 0 Å². The molecule has 0 saturated carbocycles. The van der Waals surface area contributed by atoms with Crippen LogP contribution in [0.15, 0.2) is 57.8 Å². The summed E-state index contributed by atoms with van der Waals surface area (Å²) in [7, 11) is -2.08. The van der Waals surface area contributed by atoms with Gasteiger partial charge < -0.3 is 19.9 Å². The zero-order chi connectivity index (χ0) is 23.6. The first-order chi connectivity index (χ1) is 15.7. The van der Waals surface area contributed by atoms with E-state index in [0.29, 0.717) is 37.5 Å². The fourth-order valence-electron chi connectivity index (χ4n) is 4.29. The Morgan fingerprint density at radius 2 is 1.73 bits per heavy atom. The second-order valence-corrected chi connectivity index (χ2v) is 10.8. The summed E-state index contributed by atoms with van der Waals surface area (Å²) < 4.78 is 34.2. The van der Waals surface area contributed by atoms with E-state index in [-0.39, 0.29) is 10.8 Å². The van der Waals surface area contributed by atoms with Gasteiger partial charge in [-0.25, -0.2) is 0 Å². The Bertz CT molecular complexity index is 1150. The Kier molecular flexibility index (Phi) is 6.34. The fraction of sp³-hybridized carbons (Fsp3) is 0.417. The second-order valence-electron chi connectivity index (χ2n) is 9.22. The highest BCUT2D eigenvalue weighted by Gasteiger charge is 2.32. The average Bonchev–Trinajstić information content (AvgIpc) is 2.78. The Morgan fingerprint density at radius 1 is 1.06 bits per heavy atom. The smallest absolute Gasteiger partial charge is 0.286 e. The highest BCUT2D eigenvalue weighted by Crippen LogP contribution is 2.32. The van der Waals surface area contributed by atoms with Crippen LogP contribution >= 0.6 is 0 Å². The van der Waals surface area contributed by atoms with E-state index in [9.17, 15) is 13.2 Å². The van der Waals surface area contributed by atoms with Crippen molar-refractivity contribution in [3.05, 3.63) is 48.5 Å². The molecule has 2 heterocycles. The van der Waals surface area contributed by atoms with Gasteiger partial charge in [0.15, 0.2) is 0 Å². The van der Waals surface area contributed by atoms with Gasteiger partial charge in [-0.3, -0.25) is 4.79 Å². The molecular weight excluding hydrogens is 440 g/mol. The maximum absolute atomic E-state index is 13.0. The van der Waals surface area contributed by atoms with Crippen molar-refractivity contribution < 1.29 is 17.9 Å². The molecule has 0 atom stereocenters. The third-order valence-electron chi connectivity index (χ3n) is 6.02. The number of piperazine rings is 1. The molecule has 1 amide bonds. The van der Waals surface area contributed by atoms with Gasteiger partial charge in [0.1, 0.15) is 16.5 Å². The van der Waals surface area contributed by atoms with E-state index >= 15 is 0 Å². The number of hydrogen-bond acceptors (Lipinski definition) is 6. The van der Waals surface area contributed by atoms with E-state index in [1.165, 1.54) is 6.07 Å². The molecule has 9 heteroatoms. The van der Waals surface area contributed by atoms with Gasteiger partial charge in [0.05, 0.1) is 12.8 Å². The summed E-state index contributed by atoms with van der Waals surface area (Å²) in [6.07, 6.45) is 0.677. The summed E-state index contributed by atoms with van der Waals surface area (Å²) in [6.45, 7) is 6.78. The first-order valence-electron chi connectivity index (χ1n) is 11.0. The first kappa shape index (κ1) is 23.1. The van der Waals surface area contributed by atoms with Crippen LogP contribution in [0.25, 0.3) is 0 Å².